The third kappa shape index (κ3) is 5.87. The number of amides is 2. The summed E-state index contributed by atoms with van der Waals surface area (Å²) in [5, 5.41) is 2.72. The van der Waals surface area contributed by atoms with Crippen molar-refractivity contribution in [2.75, 3.05) is 11.9 Å². The van der Waals surface area contributed by atoms with Crippen molar-refractivity contribution in [1.29, 1.82) is 0 Å². The molecule has 6 heteroatoms. The van der Waals surface area contributed by atoms with Crippen LogP contribution in [0.2, 0.25) is 0 Å². The predicted octanol–water partition coefficient (Wildman–Crippen LogP) is 0.617. The van der Waals surface area contributed by atoms with Gasteiger partial charge in [0.05, 0.1) is 0 Å². The summed E-state index contributed by atoms with van der Waals surface area (Å²) in [6.45, 7) is 1.73. The van der Waals surface area contributed by atoms with Gasteiger partial charge in [-0.3, -0.25) is 9.59 Å². The fourth-order valence-corrected chi connectivity index (χ4v) is 1.41. The molecule has 5 N–H and O–H groups in total. The van der Waals surface area contributed by atoms with E-state index in [2.05, 4.69) is 5.32 Å². The third-order valence-corrected chi connectivity index (χ3v) is 2.47. The fourth-order valence-electron chi connectivity index (χ4n) is 1.41. The number of hydrogen-bond acceptors (Lipinski definition) is 4. The van der Waals surface area contributed by atoms with E-state index in [1.807, 2.05) is 6.92 Å². The topological polar surface area (TPSA) is 107 Å². The van der Waals surface area contributed by atoms with Crippen LogP contribution in [0.15, 0.2) is 24.3 Å². The molecule has 19 heavy (non-hydrogen) atoms. The Morgan fingerprint density at radius 3 is 2.79 bits per heavy atom. The van der Waals surface area contributed by atoms with Gasteiger partial charge in [-0.05, 0) is 18.6 Å². The molecule has 0 aliphatic rings. The van der Waals surface area contributed by atoms with Crippen LogP contribution >= 0.6 is 0 Å². The maximum atomic E-state index is 11.7. The Balaban J connectivity index is 2.56. The van der Waals surface area contributed by atoms with Crippen molar-refractivity contribution < 1.29 is 14.3 Å². The van der Waals surface area contributed by atoms with E-state index >= 15 is 0 Å². The van der Waals surface area contributed by atoms with E-state index in [1.54, 1.807) is 24.3 Å². The first-order valence-electron chi connectivity index (χ1n) is 6.08. The molecule has 0 spiro atoms. The van der Waals surface area contributed by atoms with Gasteiger partial charge in [-0.15, -0.1) is 0 Å². The SMILES string of the molecule is CCC(N)CC(=O)Nc1cccc(OCC(N)=O)c1. The van der Waals surface area contributed by atoms with Crippen LogP contribution in [0.1, 0.15) is 19.8 Å². The highest BCUT2D eigenvalue weighted by Gasteiger charge is 2.08. The lowest BCUT2D eigenvalue weighted by molar-refractivity contribution is -0.120. The molecule has 1 aromatic rings. The summed E-state index contributed by atoms with van der Waals surface area (Å²) in [6, 6.07) is 6.60. The maximum Gasteiger partial charge on any atom is 0.255 e. The summed E-state index contributed by atoms with van der Waals surface area (Å²) in [5.74, 6) is -0.235. The summed E-state index contributed by atoms with van der Waals surface area (Å²) >= 11 is 0. The van der Waals surface area contributed by atoms with E-state index in [4.69, 9.17) is 16.2 Å². The standard InChI is InChI=1S/C13H19N3O3/c1-2-9(14)6-13(18)16-10-4-3-5-11(7-10)19-8-12(15)17/h3-5,7,9H,2,6,8,14H2,1H3,(H2,15,17)(H,16,18). The molecule has 1 unspecified atom stereocenters. The molecule has 104 valence electrons. The second kappa shape index (κ2) is 7.38. The molecule has 6 nitrogen and oxygen atoms in total. The molecule has 0 aliphatic carbocycles. The molecule has 0 saturated carbocycles. The lowest BCUT2D eigenvalue weighted by Gasteiger charge is -2.10. The number of rotatable bonds is 7. The minimum atomic E-state index is -0.552. The Labute approximate surface area is 112 Å². The molecule has 0 heterocycles. The number of ether oxygens (including phenoxy) is 1. The number of benzene rings is 1. The summed E-state index contributed by atoms with van der Waals surface area (Å²) in [6.07, 6.45) is 1.01. The Kier molecular flexibility index (Phi) is 5.81. The number of carbonyl (C=O) groups is 2. The number of anilines is 1. The van der Waals surface area contributed by atoms with Gasteiger partial charge in [-0.2, -0.15) is 0 Å². The highest BCUT2D eigenvalue weighted by molar-refractivity contribution is 5.91. The van der Waals surface area contributed by atoms with Crippen molar-refractivity contribution in [2.24, 2.45) is 11.5 Å². The van der Waals surface area contributed by atoms with Gasteiger partial charge < -0.3 is 21.5 Å². The van der Waals surface area contributed by atoms with Crippen molar-refractivity contribution in [3.05, 3.63) is 24.3 Å². The van der Waals surface area contributed by atoms with Gasteiger partial charge in [0.1, 0.15) is 5.75 Å². The summed E-state index contributed by atoms with van der Waals surface area (Å²) < 4.78 is 5.14. The minimum absolute atomic E-state index is 0.144. The molecule has 0 radical (unpaired) electrons. The first kappa shape index (κ1) is 15.0. The molecule has 1 aromatic carbocycles. The molecule has 0 saturated heterocycles. The first-order chi connectivity index (χ1) is 9.01. The highest BCUT2D eigenvalue weighted by atomic mass is 16.5. The van der Waals surface area contributed by atoms with Gasteiger partial charge >= 0.3 is 0 Å². The molecule has 0 aromatic heterocycles. The van der Waals surface area contributed by atoms with Crippen LogP contribution in [0.5, 0.6) is 5.75 Å². The fraction of sp³-hybridized carbons (Fsp3) is 0.385. The molecule has 2 amide bonds. The number of nitrogens with one attached hydrogen (secondary N) is 1. The highest BCUT2D eigenvalue weighted by Crippen LogP contribution is 2.17. The first-order valence-corrected chi connectivity index (χ1v) is 6.08. The predicted molar refractivity (Wildman–Crippen MR) is 72.6 cm³/mol. The second-order valence-corrected chi connectivity index (χ2v) is 4.20. The van der Waals surface area contributed by atoms with Gasteiger partial charge in [0.2, 0.25) is 5.91 Å². The zero-order chi connectivity index (χ0) is 14.3. The third-order valence-electron chi connectivity index (χ3n) is 2.47. The zero-order valence-corrected chi connectivity index (χ0v) is 10.9. The molecule has 0 aliphatic heterocycles. The number of hydrogen-bond donors (Lipinski definition) is 3. The van der Waals surface area contributed by atoms with Gasteiger partial charge in [-0.25, -0.2) is 0 Å². The van der Waals surface area contributed by atoms with E-state index in [0.717, 1.165) is 6.42 Å². The monoisotopic (exact) mass is 265 g/mol. The normalized spacial score (nSPS) is 11.7. The van der Waals surface area contributed by atoms with Crippen molar-refractivity contribution in [3.63, 3.8) is 0 Å². The summed E-state index contributed by atoms with van der Waals surface area (Å²) in [4.78, 5) is 22.3. The van der Waals surface area contributed by atoms with Crippen LogP contribution < -0.4 is 21.5 Å². The van der Waals surface area contributed by atoms with Gasteiger partial charge in [0.25, 0.3) is 5.91 Å². The summed E-state index contributed by atoms with van der Waals surface area (Å²) in [5.41, 5.74) is 11.3. The molecule has 0 bridgehead atoms. The summed E-state index contributed by atoms with van der Waals surface area (Å²) in [7, 11) is 0. The zero-order valence-electron chi connectivity index (χ0n) is 10.9. The lowest BCUT2D eigenvalue weighted by atomic mass is 10.1. The molecular weight excluding hydrogens is 246 g/mol. The maximum absolute atomic E-state index is 11.7. The van der Waals surface area contributed by atoms with E-state index in [1.165, 1.54) is 0 Å². The van der Waals surface area contributed by atoms with Gasteiger partial charge in [0, 0.05) is 24.2 Å². The van der Waals surface area contributed by atoms with E-state index < -0.39 is 5.91 Å². The molecule has 0 fully saturated rings. The van der Waals surface area contributed by atoms with Gasteiger partial charge in [0.15, 0.2) is 6.61 Å². The average Bonchev–Trinajstić information content (AvgIpc) is 2.36. The molecule has 1 atom stereocenters. The van der Waals surface area contributed by atoms with E-state index in [0.29, 0.717) is 11.4 Å². The molecular formula is C13H19N3O3. The van der Waals surface area contributed by atoms with Crippen LogP contribution in [0.25, 0.3) is 0 Å². The number of nitrogens with two attached hydrogens (primary N) is 2. The Bertz CT molecular complexity index is 449. The minimum Gasteiger partial charge on any atom is -0.484 e. The van der Waals surface area contributed by atoms with Crippen LogP contribution in [-0.2, 0) is 9.59 Å². The van der Waals surface area contributed by atoms with Crippen LogP contribution in [0.4, 0.5) is 5.69 Å². The average molecular weight is 265 g/mol. The smallest absolute Gasteiger partial charge is 0.255 e. The van der Waals surface area contributed by atoms with Crippen molar-refractivity contribution in [1.82, 2.24) is 0 Å². The largest absolute Gasteiger partial charge is 0.484 e. The molecule has 1 rings (SSSR count). The number of carbonyl (C=O) groups excluding carboxylic acids is 2. The van der Waals surface area contributed by atoms with E-state index in [-0.39, 0.29) is 25.0 Å². The van der Waals surface area contributed by atoms with E-state index in [9.17, 15) is 9.59 Å². The Morgan fingerprint density at radius 1 is 1.42 bits per heavy atom. The van der Waals surface area contributed by atoms with Crippen LogP contribution in [-0.4, -0.2) is 24.5 Å². The lowest BCUT2D eigenvalue weighted by Crippen LogP contribution is -2.26. The number of primary amides is 1. The van der Waals surface area contributed by atoms with Gasteiger partial charge in [-0.1, -0.05) is 13.0 Å². The quantitative estimate of drug-likeness (QED) is 0.671. The van der Waals surface area contributed by atoms with Crippen molar-refractivity contribution >= 4 is 17.5 Å². The van der Waals surface area contributed by atoms with Crippen molar-refractivity contribution in [2.45, 2.75) is 25.8 Å². The van der Waals surface area contributed by atoms with Crippen LogP contribution in [0, 0.1) is 0 Å². The van der Waals surface area contributed by atoms with Crippen molar-refractivity contribution in [3.8, 4) is 5.75 Å². The Morgan fingerprint density at radius 2 is 2.16 bits per heavy atom. The Hall–Kier alpha value is -2.08. The van der Waals surface area contributed by atoms with Crippen LogP contribution in [0.3, 0.4) is 0 Å². The second-order valence-electron chi connectivity index (χ2n) is 4.20.